The van der Waals surface area contributed by atoms with Crippen LogP contribution in [0.2, 0.25) is 0 Å². The summed E-state index contributed by atoms with van der Waals surface area (Å²) >= 11 is 1.60. The number of nitrogens with zero attached hydrogens (tertiary/aromatic N) is 1. The van der Waals surface area contributed by atoms with Gasteiger partial charge in [-0.2, -0.15) is 0 Å². The lowest BCUT2D eigenvalue weighted by Gasteiger charge is -2.08. The normalized spacial score (nSPS) is 16.1. The predicted molar refractivity (Wildman–Crippen MR) is 85.0 cm³/mol. The Morgan fingerprint density at radius 3 is 3.00 bits per heavy atom. The molecule has 0 saturated heterocycles. The average Bonchev–Trinajstić information content (AvgIpc) is 2.68. The van der Waals surface area contributed by atoms with E-state index in [0.717, 1.165) is 29.9 Å². The number of nitrogens with two attached hydrogens (primary N) is 2. The molecule has 0 atom stereocenters. The molecule has 1 aliphatic heterocycles. The lowest BCUT2D eigenvalue weighted by molar-refractivity contribution is 1.05. The molecule has 0 amide bonds. The lowest BCUT2D eigenvalue weighted by atomic mass is 10.1. The molecule has 3 nitrogen and oxygen atoms in total. The van der Waals surface area contributed by atoms with Crippen molar-refractivity contribution in [3.8, 4) is 0 Å². The molecule has 0 spiro atoms. The third-order valence-corrected chi connectivity index (χ3v) is 3.80. The molecule has 0 aliphatic carbocycles. The number of nitrogen functional groups attached to an aromatic ring is 1. The molecule has 1 aromatic carbocycles. The van der Waals surface area contributed by atoms with Gasteiger partial charge in [-0.3, -0.25) is 0 Å². The van der Waals surface area contributed by atoms with E-state index in [-0.39, 0.29) is 0 Å². The van der Waals surface area contributed by atoms with Gasteiger partial charge in [0.15, 0.2) is 0 Å². The molecule has 0 bridgehead atoms. The fourth-order valence-electron chi connectivity index (χ4n) is 1.83. The number of aryl methyl sites for hydroxylation is 1. The lowest BCUT2D eigenvalue weighted by Crippen LogP contribution is -2.16. The highest BCUT2D eigenvalue weighted by molar-refractivity contribution is 8.05. The zero-order chi connectivity index (χ0) is 13.7. The Hall–Kier alpha value is -1.68. The van der Waals surface area contributed by atoms with Crippen molar-refractivity contribution >= 4 is 23.3 Å². The van der Waals surface area contributed by atoms with E-state index in [9.17, 15) is 0 Å². The Bertz CT molecular complexity index is 544. The van der Waals surface area contributed by atoms with Crippen molar-refractivity contribution in [2.45, 2.75) is 26.2 Å². The third kappa shape index (κ3) is 3.64. The van der Waals surface area contributed by atoms with Gasteiger partial charge in [0.05, 0.1) is 5.03 Å². The van der Waals surface area contributed by atoms with Gasteiger partial charge in [0.2, 0.25) is 0 Å². The van der Waals surface area contributed by atoms with Crippen molar-refractivity contribution in [2.24, 2.45) is 10.7 Å². The summed E-state index contributed by atoms with van der Waals surface area (Å²) in [5.74, 6) is 0.488. The van der Waals surface area contributed by atoms with Crippen LogP contribution in [0.25, 0.3) is 0 Å². The first kappa shape index (κ1) is 13.7. The van der Waals surface area contributed by atoms with Crippen molar-refractivity contribution in [1.82, 2.24) is 0 Å². The van der Waals surface area contributed by atoms with E-state index in [1.807, 2.05) is 18.2 Å². The number of hydrogen-bond acceptors (Lipinski definition) is 3. The monoisotopic (exact) mass is 273 g/mol. The second-order valence-electron chi connectivity index (χ2n) is 4.38. The van der Waals surface area contributed by atoms with Crippen LogP contribution in [0.4, 0.5) is 5.69 Å². The van der Waals surface area contributed by atoms with Crippen molar-refractivity contribution in [2.75, 3.05) is 5.73 Å². The molecular formula is C15H19N3S. The quantitative estimate of drug-likeness (QED) is 0.504. The van der Waals surface area contributed by atoms with Gasteiger partial charge in [0.1, 0.15) is 5.84 Å². The van der Waals surface area contributed by atoms with Crippen molar-refractivity contribution < 1.29 is 0 Å². The fraction of sp³-hybridized carbons (Fsp3) is 0.267. The summed E-state index contributed by atoms with van der Waals surface area (Å²) in [5.41, 5.74) is 14.8. The zero-order valence-electron chi connectivity index (χ0n) is 11.1. The van der Waals surface area contributed by atoms with E-state index in [4.69, 9.17) is 11.5 Å². The topological polar surface area (TPSA) is 64.4 Å². The molecule has 0 unspecified atom stereocenters. The number of anilines is 1. The maximum Gasteiger partial charge on any atom is 0.134 e. The van der Waals surface area contributed by atoms with Crippen molar-refractivity contribution in [3.63, 3.8) is 0 Å². The minimum absolute atomic E-state index is 0.488. The Labute approximate surface area is 118 Å². The maximum atomic E-state index is 6.09. The van der Waals surface area contributed by atoms with Gasteiger partial charge < -0.3 is 11.5 Å². The van der Waals surface area contributed by atoms with E-state index >= 15 is 0 Å². The Morgan fingerprint density at radius 1 is 1.37 bits per heavy atom. The van der Waals surface area contributed by atoms with Crippen LogP contribution in [-0.4, -0.2) is 5.84 Å². The molecule has 19 heavy (non-hydrogen) atoms. The van der Waals surface area contributed by atoms with E-state index < -0.39 is 0 Å². The number of benzene rings is 1. The van der Waals surface area contributed by atoms with Crippen LogP contribution in [0.15, 0.2) is 45.8 Å². The average molecular weight is 273 g/mol. The van der Waals surface area contributed by atoms with Crippen molar-refractivity contribution in [3.05, 3.63) is 51.9 Å². The zero-order valence-corrected chi connectivity index (χ0v) is 11.9. The van der Waals surface area contributed by atoms with Crippen LogP contribution in [0.5, 0.6) is 0 Å². The Balaban J connectivity index is 2.29. The number of amidine groups is 1. The third-order valence-electron chi connectivity index (χ3n) is 2.97. The maximum absolute atomic E-state index is 6.09. The first-order valence-electron chi connectivity index (χ1n) is 6.45. The molecule has 0 aromatic heterocycles. The Kier molecular flexibility index (Phi) is 4.68. The predicted octanol–water partition coefficient (Wildman–Crippen LogP) is 3.42. The van der Waals surface area contributed by atoms with Crippen LogP contribution in [0, 0.1) is 0 Å². The van der Waals surface area contributed by atoms with Gasteiger partial charge in [-0.25, -0.2) is 4.99 Å². The molecule has 1 heterocycles. The summed E-state index contributed by atoms with van der Waals surface area (Å²) in [6, 6.07) is 5.94. The summed E-state index contributed by atoms with van der Waals surface area (Å²) in [4.78, 5) is 4.49. The van der Waals surface area contributed by atoms with Gasteiger partial charge in [0.25, 0.3) is 0 Å². The molecule has 4 heteroatoms. The number of allylic oxidation sites excluding steroid dienone is 2. The first-order chi connectivity index (χ1) is 9.20. The van der Waals surface area contributed by atoms with E-state index in [1.54, 1.807) is 11.8 Å². The molecule has 0 fully saturated rings. The van der Waals surface area contributed by atoms with E-state index in [1.165, 1.54) is 5.56 Å². The van der Waals surface area contributed by atoms with Gasteiger partial charge in [-0.05, 0) is 42.4 Å². The van der Waals surface area contributed by atoms with Crippen molar-refractivity contribution in [1.29, 1.82) is 0 Å². The first-order valence-corrected chi connectivity index (χ1v) is 7.33. The number of hydrogen-bond donors (Lipinski definition) is 2. The molecule has 2 rings (SSSR count). The molecular weight excluding hydrogens is 254 g/mol. The van der Waals surface area contributed by atoms with Crippen LogP contribution < -0.4 is 11.5 Å². The minimum Gasteiger partial charge on any atom is -0.398 e. The smallest absolute Gasteiger partial charge is 0.134 e. The van der Waals surface area contributed by atoms with Crippen LogP contribution in [0.3, 0.4) is 0 Å². The summed E-state index contributed by atoms with van der Waals surface area (Å²) in [7, 11) is 0. The molecule has 4 N–H and O–H groups in total. The van der Waals surface area contributed by atoms with Crippen LogP contribution >= 0.6 is 11.8 Å². The molecule has 1 aliphatic rings. The highest BCUT2D eigenvalue weighted by Crippen LogP contribution is 2.24. The largest absolute Gasteiger partial charge is 0.398 e. The highest BCUT2D eigenvalue weighted by atomic mass is 32.2. The second kappa shape index (κ2) is 6.48. The number of aliphatic imine (C=N–C) groups is 1. The highest BCUT2D eigenvalue weighted by Gasteiger charge is 2.06. The second-order valence-corrected chi connectivity index (χ2v) is 5.31. The molecule has 100 valence electrons. The number of rotatable bonds is 3. The van der Waals surface area contributed by atoms with Gasteiger partial charge in [0, 0.05) is 11.3 Å². The molecule has 0 radical (unpaired) electrons. The fourth-order valence-corrected chi connectivity index (χ4v) is 2.57. The summed E-state index contributed by atoms with van der Waals surface area (Å²) < 4.78 is 0. The number of thioether (sulfide) groups is 1. The standard InChI is InChI=1S/C15H19N3S/c1-2-11-7-8-13(16)12(10-11)15(17)18-14-6-4-3-5-9-19-14/h5-10H,2-4,16H2,1H3,(H2,17,18). The summed E-state index contributed by atoms with van der Waals surface area (Å²) in [6.07, 6.45) is 7.27. The van der Waals surface area contributed by atoms with Crippen LogP contribution in [-0.2, 0) is 6.42 Å². The van der Waals surface area contributed by atoms with Crippen LogP contribution in [0.1, 0.15) is 30.9 Å². The van der Waals surface area contributed by atoms with E-state index in [0.29, 0.717) is 11.5 Å². The molecule has 0 saturated carbocycles. The minimum atomic E-state index is 0.488. The SMILES string of the molecule is CCc1ccc(N)c(/C(N)=N/C2=CCCC=CS2)c1. The summed E-state index contributed by atoms with van der Waals surface area (Å²) in [6.45, 7) is 2.11. The van der Waals surface area contributed by atoms with E-state index in [2.05, 4.69) is 29.5 Å². The summed E-state index contributed by atoms with van der Waals surface area (Å²) in [5, 5.41) is 2.99. The Morgan fingerprint density at radius 2 is 2.21 bits per heavy atom. The van der Waals surface area contributed by atoms with Gasteiger partial charge in [-0.15, -0.1) is 0 Å². The van der Waals surface area contributed by atoms with Gasteiger partial charge in [-0.1, -0.05) is 36.9 Å². The molecule has 1 aromatic rings. The van der Waals surface area contributed by atoms with Gasteiger partial charge >= 0.3 is 0 Å².